The number of nitrogens with zero attached hydrogens (tertiary/aromatic N) is 1. The van der Waals surface area contributed by atoms with E-state index >= 15 is 0 Å². The zero-order chi connectivity index (χ0) is 17.2. The van der Waals surface area contributed by atoms with Gasteiger partial charge in [-0.25, -0.2) is 0 Å². The minimum Gasteiger partial charge on any atom is -0.497 e. The van der Waals surface area contributed by atoms with E-state index in [4.69, 9.17) is 4.74 Å². The summed E-state index contributed by atoms with van der Waals surface area (Å²) < 4.78 is 5.22. The van der Waals surface area contributed by atoms with Crippen molar-refractivity contribution in [1.29, 1.82) is 0 Å². The Hall–Kier alpha value is -2.94. The van der Waals surface area contributed by atoms with Gasteiger partial charge in [-0.1, -0.05) is 24.3 Å². The topological polar surface area (TPSA) is 39.2 Å². The molecule has 0 spiro atoms. The lowest BCUT2D eigenvalue weighted by atomic mass is 9.81. The van der Waals surface area contributed by atoms with Crippen molar-refractivity contribution in [3.05, 3.63) is 78.0 Å². The molecule has 0 saturated heterocycles. The SMILES string of the molecule is COc1ccc([C@H]2CC(=O)C=C(c3ccc4ncccc4c3)C2)cc1. The number of rotatable bonds is 3. The minimum atomic E-state index is 0.188. The molecule has 0 bridgehead atoms. The van der Waals surface area contributed by atoms with E-state index in [2.05, 4.69) is 35.3 Å². The molecule has 4 rings (SSSR count). The Morgan fingerprint density at radius 2 is 1.88 bits per heavy atom. The van der Waals surface area contributed by atoms with Crippen LogP contribution >= 0.6 is 0 Å². The first-order valence-electron chi connectivity index (χ1n) is 8.45. The second-order valence-electron chi connectivity index (χ2n) is 6.43. The van der Waals surface area contributed by atoms with Gasteiger partial charge in [0.1, 0.15) is 5.75 Å². The number of aromatic nitrogens is 1. The maximum absolute atomic E-state index is 12.3. The number of ether oxygens (including phenoxy) is 1. The Morgan fingerprint density at radius 3 is 2.68 bits per heavy atom. The molecule has 0 radical (unpaired) electrons. The lowest BCUT2D eigenvalue weighted by Gasteiger charge is -2.23. The van der Waals surface area contributed by atoms with Crippen LogP contribution in [-0.2, 0) is 4.79 Å². The first kappa shape index (κ1) is 15.6. The van der Waals surface area contributed by atoms with Crippen LogP contribution in [-0.4, -0.2) is 17.9 Å². The van der Waals surface area contributed by atoms with Crippen molar-refractivity contribution in [2.45, 2.75) is 18.8 Å². The highest BCUT2D eigenvalue weighted by Crippen LogP contribution is 2.37. The molecule has 3 nitrogen and oxygen atoms in total. The maximum Gasteiger partial charge on any atom is 0.156 e. The van der Waals surface area contributed by atoms with Gasteiger partial charge >= 0.3 is 0 Å². The van der Waals surface area contributed by atoms with Crippen molar-refractivity contribution in [3.63, 3.8) is 0 Å². The number of fused-ring (bicyclic) bond motifs is 1. The third-order valence-corrected chi connectivity index (χ3v) is 4.81. The normalized spacial score (nSPS) is 17.4. The fourth-order valence-electron chi connectivity index (χ4n) is 3.48. The van der Waals surface area contributed by atoms with E-state index in [1.54, 1.807) is 19.4 Å². The van der Waals surface area contributed by atoms with Gasteiger partial charge in [0.05, 0.1) is 12.6 Å². The van der Waals surface area contributed by atoms with E-state index < -0.39 is 0 Å². The van der Waals surface area contributed by atoms with Gasteiger partial charge in [0.2, 0.25) is 0 Å². The Bertz CT molecular complexity index is 957. The van der Waals surface area contributed by atoms with Crippen LogP contribution in [0.3, 0.4) is 0 Å². The summed E-state index contributed by atoms with van der Waals surface area (Å²) >= 11 is 0. The molecule has 0 amide bonds. The number of pyridine rings is 1. The van der Waals surface area contributed by atoms with Gasteiger partial charge in [0.25, 0.3) is 0 Å². The number of ketones is 1. The van der Waals surface area contributed by atoms with Gasteiger partial charge in [0.15, 0.2) is 5.78 Å². The molecular weight excluding hydrogens is 310 g/mol. The number of hydrogen-bond donors (Lipinski definition) is 0. The summed E-state index contributed by atoms with van der Waals surface area (Å²) in [6, 6.07) is 18.2. The predicted octanol–water partition coefficient (Wildman–Crippen LogP) is 4.77. The van der Waals surface area contributed by atoms with Gasteiger partial charge in [-0.15, -0.1) is 0 Å². The Balaban J connectivity index is 1.65. The van der Waals surface area contributed by atoms with Crippen LogP contribution in [0.2, 0.25) is 0 Å². The molecule has 2 aromatic carbocycles. The lowest BCUT2D eigenvalue weighted by Crippen LogP contribution is -2.12. The van der Waals surface area contributed by atoms with Crippen LogP contribution in [0.5, 0.6) is 5.75 Å². The largest absolute Gasteiger partial charge is 0.497 e. The molecular formula is C22H19NO2. The Labute approximate surface area is 147 Å². The van der Waals surface area contributed by atoms with E-state index in [0.29, 0.717) is 6.42 Å². The van der Waals surface area contributed by atoms with Crippen molar-refractivity contribution in [3.8, 4) is 5.75 Å². The summed E-state index contributed by atoms with van der Waals surface area (Å²) in [5, 5.41) is 1.10. The molecule has 1 atom stereocenters. The minimum absolute atomic E-state index is 0.188. The zero-order valence-corrected chi connectivity index (χ0v) is 14.1. The number of methoxy groups -OCH3 is 1. The predicted molar refractivity (Wildman–Crippen MR) is 99.7 cm³/mol. The van der Waals surface area contributed by atoms with E-state index in [-0.39, 0.29) is 11.7 Å². The molecule has 124 valence electrons. The monoisotopic (exact) mass is 329 g/mol. The molecule has 0 N–H and O–H groups in total. The van der Waals surface area contributed by atoms with Crippen LogP contribution < -0.4 is 4.74 Å². The fourth-order valence-corrected chi connectivity index (χ4v) is 3.48. The molecule has 3 heteroatoms. The molecule has 1 aromatic heterocycles. The van der Waals surface area contributed by atoms with Crippen molar-refractivity contribution in [2.24, 2.45) is 0 Å². The van der Waals surface area contributed by atoms with Crippen molar-refractivity contribution in [1.82, 2.24) is 4.98 Å². The molecule has 3 aromatic rings. The van der Waals surface area contributed by atoms with Crippen LogP contribution in [0.1, 0.15) is 29.9 Å². The molecule has 0 saturated carbocycles. The van der Waals surface area contributed by atoms with E-state index in [1.165, 1.54) is 5.56 Å². The van der Waals surface area contributed by atoms with Crippen molar-refractivity contribution >= 4 is 22.3 Å². The number of carbonyl (C=O) groups is 1. The van der Waals surface area contributed by atoms with Gasteiger partial charge in [-0.2, -0.15) is 0 Å². The summed E-state index contributed by atoms with van der Waals surface area (Å²) in [6.45, 7) is 0. The maximum atomic E-state index is 12.3. The first-order chi connectivity index (χ1) is 12.2. The quantitative estimate of drug-likeness (QED) is 0.694. The number of carbonyl (C=O) groups excluding carboxylic acids is 1. The summed E-state index contributed by atoms with van der Waals surface area (Å²) in [7, 11) is 1.66. The first-order valence-corrected chi connectivity index (χ1v) is 8.45. The summed E-state index contributed by atoms with van der Waals surface area (Å²) in [4.78, 5) is 16.7. The van der Waals surface area contributed by atoms with E-state index in [1.807, 2.05) is 24.3 Å². The van der Waals surface area contributed by atoms with Crippen molar-refractivity contribution in [2.75, 3.05) is 7.11 Å². The third kappa shape index (κ3) is 3.18. The Morgan fingerprint density at radius 1 is 1.04 bits per heavy atom. The fraction of sp³-hybridized carbons (Fsp3) is 0.182. The van der Waals surface area contributed by atoms with Crippen LogP contribution in [0, 0.1) is 0 Å². The van der Waals surface area contributed by atoms with Crippen LogP contribution in [0.4, 0.5) is 0 Å². The second kappa shape index (κ2) is 6.52. The highest BCUT2D eigenvalue weighted by Gasteiger charge is 2.23. The van der Waals surface area contributed by atoms with Gasteiger partial charge in [-0.05, 0) is 65.4 Å². The van der Waals surface area contributed by atoms with Gasteiger partial charge in [-0.3, -0.25) is 9.78 Å². The summed E-state index contributed by atoms with van der Waals surface area (Å²) in [6.07, 6.45) is 5.03. The third-order valence-electron chi connectivity index (χ3n) is 4.81. The number of benzene rings is 2. The molecule has 25 heavy (non-hydrogen) atoms. The average molecular weight is 329 g/mol. The molecule has 1 heterocycles. The van der Waals surface area contributed by atoms with Crippen LogP contribution in [0.15, 0.2) is 66.9 Å². The molecule has 1 aliphatic carbocycles. The van der Waals surface area contributed by atoms with Crippen molar-refractivity contribution < 1.29 is 9.53 Å². The van der Waals surface area contributed by atoms with Gasteiger partial charge < -0.3 is 4.74 Å². The van der Waals surface area contributed by atoms with E-state index in [0.717, 1.165) is 34.2 Å². The smallest absolute Gasteiger partial charge is 0.156 e. The van der Waals surface area contributed by atoms with Crippen LogP contribution in [0.25, 0.3) is 16.5 Å². The highest BCUT2D eigenvalue weighted by molar-refractivity contribution is 6.00. The molecule has 0 fully saturated rings. The zero-order valence-electron chi connectivity index (χ0n) is 14.1. The highest BCUT2D eigenvalue weighted by atomic mass is 16.5. The molecule has 0 unspecified atom stereocenters. The van der Waals surface area contributed by atoms with E-state index in [9.17, 15) is 4.79 Å². The Kier molecular flexibility index (Phi) is 4.06. The summed E-state index contributed by atoms with van der Waals surface area (Å²) in [5.41, 5.74) is 4.36. The molecule has 0 aliphatic heterocycles. The number of hydrogen-bond acceptors (Lipinski definition) is 3. The van der Waals surface area contributed by atoms with Gasteiger partial charge in [0, 0.05) is 18.0 Å². The second-order valence-corrected chi connectivity index (χ2v) is 6.43. The number of allylic oxidation sites excluding steroid dienone is 2. The average Bonchev–Trinajstić information content (AvgIpc) is 2.67. The molecule has 1 aliphatic rings. The summed E-state index contributed by atoms with van der Waals surface area (Å²) in [5.74, 6) is 1.24. The lowest BCUT2D eigenvalue weighted by molar-refractivity contribution is -0.115. The standard InChI is InChI=1S/C22H19NO2/c1-25-21-7-4-15(5-8-21)18-12-19(14-20(24)13-18)16-6-9-22-17(11-16)3-2-10-23-22/h2-11,14,18H,12-13H2,1H3/t18-/m1/s1.